The smallest absolute Gasteiger partial charge is 0.303 e. The molecule has 0 saturated carbocycles. The van der Waals surface area contributed by atoms with Crippen molar-refractivity contribution < 1.29 is 30.0 Å². The van der Waals surface area contributed by atoms with Gasteiger partial charge in [0.25, 0.3) is 0 Å². The quantitative estimate of drug-likeness (QED) is 0.0778. The second-order valence-electron chi connectivity index (χ2n) is 15.9. The highest BCUT2D eigenvalue weighted by molar-refractivity contribution is 6.25. The predicted molar refractivity (Wildman–Crippen MR) is 240 cm³/mol. The summed E-state index contributed by atoms with van der Waals surface area (Å²) < 4.78 is 0. The summed E-state index contributed by atoms with van der Waals surface area (Å²) in [5.41, 5.74) is 12.8. The highest BCUT2D eigenvalue weighted by Gasteiger charge is 2.30. The number of aromatic nitrogens is 1. The Balaban J connectivity index is 1.58. The molecule has 1 aromatic heterocycles. The lowest BCUT2D eigenvalue weighted by Crippen LogP contribution is -2.20. The average Bonchev–Trinajstić information content (AvgIpc) is 3.85. The SMILES string of the molecule is C=Cc1c(C)c2[nH]c1=CC1=NC(=CC3=C(CCC(=O)O)C(=CO)C(=N3)C=C3N=C(C=2)C(C(O)CC/C=C(\C)CC/C=C(\C)CCC=C(C)C)=C3C)C(CCC(=O)O)=C1C. The van der Waals surface area contributed by atoms with Crippen molar-refractivity contribution in [2.45, 2.75) is 119 Å². The maximum atomic E-state index is 11.9. The average molecular weight is 799 g/mol. The number of carboxylic acids is 2. The molecule has 0 fully saturated rings. The number of aliphatic hydroxyl groups is 2. The van der Waals surface area contributed by atoms with E-state index in [0.717, 1.165) is 70.5 Å². The second kappa shape index (κ2) is 19.7. The monoisotopic (exact) mass is 798 g/mol. The number of carbonyl (C=O) groups is 2. The van der Waals surface area contributed by atoms with Gasteiger partial charge in [-0.15, -0.1) is 0 Å². The van der Waals surface area contributed by atoms with Gasteiger partial charge < -0.3 is 25.4 Å². The van der Waals surface area contributed by atoms with E-state index in [0.29, 0.717) is 63.8 Å². The molecule has 5 heterocycles. The normalized spacial score (nSPS) is 18.0. The van der Waals surface area contributed by atoms with E-state index in [-0.39, 0.29) is 25.7 Å². The Hall–Kier alpha value is -5.87. The van der Waals surface area contributed by atoms with Crippen LogP contribution in [-0.4, -0.2) is 60.6 Å². The Morgan fingerprint density at radius 1 is 0.729 bits per heavy atom. The van der Waals surface area contributed by atoms with E-state index >= 15 is 0 Å². The molecule has 0 radical (unpaired) electrons. The van der Waals surface area contributed by atoms with Crippen LogP contribution in [0.5, 0.6) is 0 Å². The molecule has 0 spiro atoms. The van der Waals surface area contributed by atoms with Crippen LogP contribution in [0.25, 0.3) is 18.2 Å². The first-order valence-electron chi connectivity index (χ1n) is 20.4. The molecule has 10 heteroatoms. The Morgan fingerprint density at radius 2 is 1.34 bits per heavy atom. The summed E-state index contributed by atoms with van der Waals surface area (Å²) >= 11 is 0. The van der Waals surface area contributed by atoms with Gasteiger partial charge in [0.05, 0.1) is 46.6 Å². The van der Waals surface area contributed by atoms with Crippen molar-refractivity contribution in [1.29, 1.82) is 0 Å². The number of aliphatic hydroxyl groups excluding tert-OH is 2. The van der Waals surface area contributed by atoms with Crippen LogP contribution in [0.3, 0.4) is 0 Å². The molecule has 0 saturated heterocycles. The van der Waals surface area contributed by atoms with Gasteiger partial charge in [-0.2, -0.15) is 0 Å². The fraction of sp³-hybridized carbons (Fsp3) is 0.367. The van der Waals surface area contributed by atoms with Crippen LogP contribution in [0.2, 0.25) is 0 Å². The molecule has 10 nitrogen and oxygen atoms in total. The molecule has 0 aromatic carbocycles. The molecule has 1 atom stereocenters. The molecule has 59 heavy (non-hydrogen) atoms. The number of aliphatic carboxylic acids is 2. The van der Waals surface area contributed by atoms with Gasteiger partial charge in [-0.25, -0.2) is 15.0 Å². The number of nitrogens with one attached hydrogen (secondary N) is 1. The number of rotatable bonds is 17. The zero-order valence-corrected chi connectivity index (χ0v) is 35.5. The predicted octanol–water partition coefficient (Wildman–Crippen LogP) is 9.29. The largest absolute Gasteiger partial charge is 0.515 e. The van der Waals surface area contributed by atoms with E-state index in [2.05, 4.69) is 57.5 Å². The van der Waals surface area contributed by atoms with E-state index in [4.69, 9.17) is 15.0 Å². The number of carboxylic acid groups (broad SMARTS) is 2. The zero-order valence-electron chi connectivity index (χ0n) is 35.5. The Bertz CT molecular complexity index is 2440. The Morgan fingerprint density at radius 3 is 1.97 bits per heavy atom. The number of nitrogens with zero attached hydrogens (tertiary/aromatic N) is 3. The third-order valence-corrected chi connectivity index (χ3v) is 11.2. The summed E-state index contributed by atoms with van der Waals surface area (Å²) in [5.74, 6) is -1.94. The van der Waals surface area contributed by atoms with E-state index in [1.54, 1.807) is 18.2 Å². The molecule has 8 bridgehead atoms. The number of H-pyrrole nitrogens is 1. The van der Waals surface area contributed by atoms with Gasteiger partial charge in [-0.3, -0.25) is 9.59 Å². The summed E-state index contributed by atoms with van der Waals surface area (Å²) in [6, 6.07) is 0. The molecule has 5 N–H and O–H groups in total. The minimum absolute atomic E-state index is 0.0833. The van der Waals surface area contributed by atoms with Crippen molar-refractivity contribution in [3.05, 3.63) is 132 Å². The summed E-state index contributed by atoms with van der Waals surface area (Å²) in [7, 11) is 0. The van der Waals surface area contributed by atoms with Gasteiger partial charge in [0.2, 0.25) is 0 Å². The number of aliphatic imine (C=N–C) groups is 3. The van der Waals surface area contributed by atoms with Crippen LogP contribution < -0.4 is 10.7 Å². The van der Waals surface area contributed by atoms with Gasteiger partial charge in [-0.1, -0.05) is 47.6 Å². The van der Waals surface area contributed by atoms with Crippen LogP contribution >= 0.6 is 0 Å². The Kier molecular flexibility index (Phi) is 14.8. The highest BCUT2D eigenvalue weighted by atomic mass is 16.4. The minimum atomic E-state index is -1.00. The zero-order chi connectivity index (χ0) is 43.0. The van der Waals surface area contributed by atoms with Crippen LogP contribution in [-0.2, 0) is 9.59 Å². The molecular weight excluding hydrogens is 741 g/mol. The molecular formula is C49H58N4O6. The van der Waals surface area contributed by atoms with E-state index in [1.165, 1.54) is 16.7 Å². The lowest BCUT2D eigenvalue weighted by atomic mass is 9.94. The van der Waals surface area contributed by atoms with Crippen molar-refractivity contribution in [1.82, 2.24) is 4.98 Å². The molecule has 1 aromatic rings. The summed E-state index contributed by atoms with van der Waals surface area (Å²) in [5, 5.41) is 43.2. The third kappa shape index (κ3) is 10.8. The van der Waals surface area contributed by atoms with Crippen molar-refractivity contribution in [2.24, 2.45) is 15.0 Å². The lowest BCUT2D eigenvalue weighted by Gasteiger charge is -2.13. The topological polar surface area (TPSA) is 168 Å². The number of hydrogen-bond acceptors (Lipinski definition) is 7. The highest BCUT2D eigenvalue weighted by Crippen LogP contribution is 2.37. The first-order chi connectivity index (χ1) is 28.1. The fourth-order valence-corrected chi connectivity index (χ4v) is 7.81. The van der Waals surface area contributed by atoms with Crippen molar-refractivity contribution in [3.63, 3.8) is 0 Å². The molecule has 4 aliphatic rings. The van der Waals surface area contributed by atoms with Crippen LogP contribution in [0, 0.1) is 6.92 Å². The van der Waals surface area contributed by atoms with Gasteiger partial charge in [0.1, 0.15) is 0 Å². The second-order valence-corrected chi connectivity index (χ2v) is 15.9. The number of fused-ring (bicyclic) bond motifs is 5. The fourth-order valence-electron chi connectivity index (χ4n) is 7.81. The molecule has 4 aliphatic heterocycles. The van der Waals surface area contributed by atoms with Gasteiger partial charge in [0.15, 0.2) is 0 Å². The Labute approximate surface area is 347 Å². The lowest BCUT2D eigenvalue weighted by molar-refractivity contribution is -0.137. The summed E-state index contributed by atoms with van der Waals surface area (Å²) in [6.07, 6.45) is 21.3. The number of allylic oxidation sites excluding steroid dienone is 13. The van der Waals surface area contributed by atoms with Gasteiger partial charge in [0, 0.05) is 40.2 Å². The maximum absolute atomic E-state index is 11.9. The van der Waals surface area contributed by atoms with Crippen molar-refractivity contribution in [3.8, 4) is 0 Å². The standard InChI is InChI=1S/C49H58N4O6/c1-9-34-31(6)39-25-45-49(46(55)18-12-17-30(5)16-11-15-29(4)14-10-13-28(2)3)33(8)40(52-45)24-44-37(27-54)36(20-22-48(58)59)43(53-44)26-42-35(19-21-47(56)57)32(7)38(51-42)23-41(34)50-39/h9,13,15,17,23-27,46,50,54-55H,1,10-12,14,16,18-22H2,2-8H3,(H,56,57)(H,58,59)/b29-15+,30-17+,37-27?,39-25?,40-24?,41-23?,42-26?. The summed E-state index contributed by atoms with van der Waals surface area (Å²) in [4.78, 5) is 41.9. The summed E-state index contributed by atoms with van der Waals surface area (Å²) in [6.45, 7) is 18.5. The van der Waals surface area contributed by atoms with Crippen LogP contribution in [0.1, 0.15) is 117 Å². The number of aromatic amines is 1. The molecule has 310 valence electrons. The van der Waals surface area contributed by atoms with Gasteiger partial charge >= 0.3 is 11.9 Å². The van der Waals surface area contributed by atoms with Crippen molar-refractivity contribution >= 4 is 47.3 Å². The first-order valence-corrected chi connectivity index (χ1v) is 20.4. The van der Waals surface area contributed by atoms with E-state index in [9.17, 15) is 30.0 Å². The molecule has 0 aliphatic carbocycles. The van der Waals surface area contributed by atoms with Crippen LogP contribution in [0.15, 0.2) is 125 Å². The maximum Gasteiger partial charge on any atom is 0.303 e. The van der Waals surface area contributed by atoms with Gasteiger partial charge in [-0.05, 0) is 152 Å². The molecule has 1 unspecified atom stereocenters. The minimum Gasteiger partial charge on any atom is -0.515 e. The third-order valence-electron chi connectivity index (χ3n) is 11.2. The van der Waals surface area contributed by atoms with Crippen LogP contribution in [0.4, 0.5) is 0 Å². The van der Waals surface area contributed by atoms with E-state index < -0.39 is 18.0 Å². The molecule has 0 amide bonds. The van der Waals surface area contributed by atoms with E-state index in [1.807, 2.05) is 32.9 Å². The van der Waals surface area contributed by atoms with Crippen molar-refractivity contribution in [2.75, 3.05) is 0 Å². The molecule has 5 rings (SSSR count). The number of hydrogen-bond donors (Lipinski definition) is 5. The first kappa shape index (κ1) is 44.2.